The maximum absolute atomic E-state index is 12.7. The number of esters is 2. The molecule has 0 aliphatic heterocycles. The normalized spacial score (nSPS) is 11.4. The van der Waals surface area contributed by atoms with Crippen molar-refractivity contribution >= 4 is 11.9 Å². The van der Waals surface area contributed by atoms with Crippen LogP contribution < -0.4 is 0 Å². The van der Waals surface area contributed by atoms with E-state index in [1.54, 1.807) is 13.8 Å². The molecule has 0 atom stereocenters. The summed E-state index contributed by atoms with van der Waals surface area (Å²) in [4.78, 5) is 27.3. The second-order valence-electron chi connectivity index (χ2n) is 6.06. The number of aryl methyl sites for hydroxylation is 1. The summed E-state index contributed by atoms with van der Waals surface area (Å²) in [5.41, 5.74) is -0.174. The molecule has 0 amide bonds. The second-order valence-corrected chi connectivity index (χ2v) is 6.06. The van der Waals surface area contributed by atoms with Crippen LogP contribution in [0.4, 0.5) is 0 Å². The zero-order chi connectivity index (χ0) is 18.0. The molecule has 0 aromatic heterocycles. The largest absolute Gasteiger partial charge is 0.465 e. The Balaban J connectivity index is 3.06. The number of nitrogens with zero attached hydrogens (tertiary/aromatic N) is 1. The van der Waals surface area contributed by atoms with E-state index in [0.717, 1.165) is 5.56 Å². The Morgan fingerprint density at radius 3 is 1.96 bits per heavy atom. The van der Waals surface area contributed by atoms with Gasteiger partial charge in [-0.15, -0.1) is 0 Å². The number of carbonyl (C=O) groups excluding carboxylic acids is 2. The molecule has 0 fully saturated rings. The summed E-state index contributed by atoms with van der Waals surface area (Å²) in [5, 5.41) is 0. The molecule has 0 saturated carbocycles. The molecule has 1 rings (SSSR count). The molecule has 0 spiro atoms. The van der Waals surface area contributed by atoms with E-state index in [-0.39, 0.29) is 13.2 Å². The fourth-order valence-corrected chi connectivity index (χ4v) is 2.57. The summed E-state index contributed by atoms with van der Waals surface area (Å²) in [6, 6.07) is 9.83. The molecule has 134 valence electrons. The molecule has 24 heavy (non-hydrogen) atoms. The highest BCUT2D eigenvalue weighted by Crippen LogP contribution is 2.32. The molecule has 0 unspecified atom stereocenters. The van der Waals surface area contributed by atoms with E-state index in [1.807, 2.05) is 49.3 Å². The Kier molecular flexibility index (Phi) is 8.47. The van der Waals surface area contributed by atoms with Gasteiger partial charge in [-0.3, -0.25) is 9.59 Å². The average molecular weight is 335 g/mol. The van der Waals surface area contributed by atoms with E-state index in [1.165, 1.54) is 0 Å². The van der Waals surface area contributed by atoms with Crippen molar-refractivity contribution in [3.63, 3.8) is 0 Å². The molecule has 5 nitrogen and oxygen atoms in total. The first-order valence-corrected chi connectivity index (χ1v) is 8.49. The predicted molar refractivity (Wildman–Crippen MR) is 93.6 cm³/mol. The van der Waals surface area contributed by atoms with Gasteiger partial charge in [0.1, 0.15) is 0 Å². The zero-order valence-corrected chi connectivity index (χ0v) is 15.2. The lowest BCUT2D eigenvalue weighted by atomic mass is 9.78. The lowest BCUT2D eigenvalue weighted by molar-refractivity contribution is -0.173. The van der Waals surface area contributed by atoms with Crippen molar-refractivity contribution in [2.75, 3.05) is 33.9 Å². The van der Waals surface area contributed by atoms with Crippen LogP contribution >= 0.6 is 0 Å². The van der Waals surface area contributed by atoms with E-state index < -0.39 is 17.4 Å². The Morgan fingerprint density at radius 1 is 0.958 bits per heavy atom. The summed E-state index contributed by atoms with van der Waals surface area (Å²) in [7, 11) is 3.83. The van der Waals surface area contributed by atoms with Crippen LogP contribution in [-0.4, -0.2) is 50.7 Å². The second kappa shape index (κ2) is 10.1. The third kappa shape index (κ3) is 5.64. The number of hydrogen-bond acceptors (Lipinski definition) is 5. The van der Waals surface area contributed by atoms with Gasteiger partial charge in [-0.2, -0.15) is 0 Å². The Morgan fingerprint density at radius 2 is 1.50 bits per heavy atom. The smallest absolute Gasteiger partial charge is 0.323 e. The minimum atomic E-state index is -1.26. The summed E-state index contributed by atoms with van der Waals surface area (Å²) in [5.74, 6) is -0.970. The van der Waals surface area contributed by atoms with Crippen LogP contribution in [0.1, 0.15) is 32.3 Å². The quantitative estimate of drug-likeness (QED) is 0.486. The SMILES string of the molecule is CCOC(=O)C(CCc1ccccc1)(CCN(C)C)C(=O)OCC. The van der Waals surface area contributed by atoms with Crippen LogP contribution in [0.2, 0.25) is 0 Å². The molecule has 0 saturated heterocycles. The molecule has 0 radical (unpaired) electrons. The lowest BCUT2D eigenvalue weighted by Gasteiger charge is -2.30. The van der Waals surface area contributed by atoms with E-state index >= 15 is 0 Å². The Labute approximate surface area is 144 Å². The fourth-order valence-electron chi connectivity index (χ4n) is 2.57. The highest BCUT2D eigenvalue weighted by Gasteiger charge is 2.48. The molecular formula is C19H29NO4. The van der Waals surface area contributed by atoms with Gasteiger partial charge < -0.3 is 14.4 Å². The molecule has 0 N–H and O–H groups in total. The van der Waals surface area contributed by atoms with E-state index in [9.17, 15) is 9.59 Å². The van der Waals surface area contributed by atoms with Gasteiger partial charge in [0, 0.05) is 0 Å². The van der Waals surface area contributed by atoms with Gasteiger partial charge in [0.15, 0.2) is 5.41 Å². The van der Waals surface area contributed by atoms with Gasteiger partial charge in [0.25, 0.3) is 0 Å². The van der Waals surface area contributed by atoms with Crippen molar-refractivity contribution in [3.8, 4) is 0 Å². The standard InChI is InChI=1S/C19H29NO4/c1-5-23-17(21)19(14-15-20(3)4,18(22)24-6-2)13-12-16-10-8-7-9-11-16/h7-11H,5-6,12-15H2,1-4H3. The topological polar surface area (TPSA) is 55.8 Å². The monoisotopic (exact) mass is 335 g/mol. The Hall–Kier alpha value is -1.88. The van der Waals surface area contributed by atoms with Crippen LogP contribution in [0, 0.1) is 5.41 Å². The summed E-state index contributed by atoms with van der Waals surface area (Å²) in [6.07, 6.45) is 1.37. The average Bonchev–Trinajstić information content (AvgIpc) is 2.56. The maximum Gasteiger partial charge on any atom is 0.323 e. The Bertz CT molecular complexity index is 495. The van der Waals surface area contributed by atoms with Crippen molar-refractivity contribution < 1.29 is 19.1 Å². The number of rotatable bonds is 10. The molecule has 5 heteroatoms. The number of carbonyl (C=O) groups is 2. The summed E-state index contributed by atoms with van der Waals surface area (Å²) < 4.78 is 10.5. The van der Waals surface area contributed by atoms with Crippen LogP contribution in [0.5, 0.6) is 0 Å². The highest BCUT2D eigenvalue weighted by molar-refractivity contribution is 6.00. The minimum absolute atomic E-state index is 0.243. The number of hydrogen-bond donors (Lipinski definition) is 0. The van der Waals surface area contributed by atoms with Gasteiger partial charge >= 0.3 is 11.9 Å². The van der Waals surface area contributed by atoms with E-state index in [2.05, 4.69) is 0 Å². The van der Waals surface area contributed by atoms with E-state index in [0.29, 0.717) is 25.8 Å². The van der Waals surface area contributed by atoms with Crippen molar-refractivity contribution in [1.29, 1.82) is 0 Å². The third-order valence-corrected chi connectivity index (χ3v) is 4.00. The van der Waals surface area contributed by atoms with Crippen molar-refractivity contribution in [1.82, 2.24) is 4.90 Å². The van der Waals surface area contributed by atoms with Gasteiger partial charge in [-0.05, 0) is 59.3 Å². The highest BCUT2D eigenvalue weighted by atomic mass is 16.6. The molecular weight excluding hydrogens is 306 g/mol. The number of benzene rings is 1. The van der Waals surface area contributed by atoms with Gasteiger partial charge in [-0.25, -0.2) is 0 Å². The van der Waals surface area contributed by atoms with Gasteiger partial charge in [-0.1, -0.05) is 30.3 Å². The molecule has 0 aliphatic carbocycles. The summed E-state index contributed by atoms with van der Waals surface area (Å²) in [6.45, 7) is 4.58. The first-order chi connectivity index (χ1) is 11.5. The third-order valence-electron chi connectivity index (χ3n) is 4.00. The van der Waals surface area contributed by atoms with Crippen molar-refractivity contribution in [3.05, 3.63) is 35.9 Å². The van der Waals surface area contributed by atoms with Crippen LogP contribution in [-0.2, 0) is 25.5 Å². The zero-order valence-electron chi connectivity index (χ0n) is 15.2. The van der Waals surface area contributed by atoms with Crippen LogP contribution in [0.15, 0.2) is 30.3 Å². The first-order valence-electron chi connectivity index (χ1n) is 8.49. The maximum atomic E-state index is 12.7. The lowest BCUT2D eigenvalue weighted by Crippen LogP contribution is -2.44. The molecule has 1 aromatic rings. The van der Waals surface area contributed by atoms with Crippen LogP contribution in [0.3, 0.4) is 0 Å². The fraction of sp³-hybridized carbons (Fsp3) is 0.579. The van der Waals surface area contributed by atoms with Crippen LogP contribution in [0.25, 0.3) is 0 Å². The van der Waals surface area contributed by atoms with Gasteiger partial charge in [0.05, 0.1) is 13.2 Å². The van der Waals surface area contributed by atoms with E-state index in [4.69, 9.17) is 9.47 Å². The van der Waals surface area contributed by atoms with Crippen molar-refractivity contribution in [2.45, 2.75) is 33.1 Å². The summed E-state index contributed by atoms with van der Waals surface area (Å²) >= 11 is 0. The molecule has 0 heterocycles. The molecule has 0 aliphatic rings. The van der Waals surface area contributed by atoms with Gasteiger partial charge in [0.2, 0.25) is 0 Å². The molecule has 1 aromatic carbocycles. The predicted octanol–water partition coefficient (Wildman–Crippen LogP) is 2.68. The molecule has 0 bridgehead atoms. The number of ether oxygens (including phenoxy) is 2. The first kappa shape index (κ1) is 20.2. The van der Waals surface area contributed by atoms with Crippen molar-refractivity contribution in [2.24, 2.45) is 5.41 Å². The minimum Gasteiger partial charge on any atom is -0.465 e.